The molecule has 1 aliphatic rings. The van der Waals surface area contributed by atoms with Gasteiger partial charge in [-0.15, -0.1) is 0 Å². The predicted molar refractivity (Wildman–Crippen MR) is 116 cm³/mol. The third-order valence-electron chi connectivity index (χ3n) is 5.29. The Morgan fingerprint density at radius 2 is 1.97 bits per heavy atom. The summed E-state index contributed by atoms with van der Waals surface area (Å²) in [6.07, 6.45) is 18.5. The second-order valence-corrected chi connectivity index (χ2v) is 8.16. The molecule has 2 atom stereocenters. The van der Waals surface area contributed by atoms with E-state index in [0.29, 0.717) is 11.7 Å². The van der Waals surface area contributed by atoms with E-state index < -0.39 is 5.97 Å². The first-order valence-electron chi connectivity index (χ1n) is 10.6. The Hall–Kier alpha value is -2.49. The summed E-state index contributed by atoms with van der Waals surface area (Å²) in [5.74, 6) is 0.626. The number of ether oxygens (including phenoxy) is 1. The number of carbonyl (C=O) groups excluding carboxylic acids is 1. The van der Waals surface area contributed by atoms with Crippen LogP contribution in [0.15, 0.2) is 70.0 Å². The van der Waals surface area contributed by atoms with E-state index in [-0.39, 0.29) is 17.3 Å². The number of aliphatic hydroxyl groups excluding tert-OH is 1. The van der Waals surface area contributed by atoms with E-state index in [9.17, 15) is 9.90 Å². The van der Waals surface area contributed by atoms with E-state index in [0.717, 1.165) is 25.7 Å². The van der Waals surface area contributed by atoms with Crippen molar-refractivity contribution in [2.24, 2.45) is 11.8 Å². The molecule has 1 N–H and O–H groups in total. The van der Waals surface area contributed by atoms with E-state index in [1.54, 1.807) is 13.2 Å². The SMILES string of the molecule is CC1=C(O)/C(=C\C(C)CCC/C(C)=C/C=C/C(C)CCCc2ccoc2)OC1=O. The lowest BCUT2D eigenvalue weighted by Crippen LogP contribution is -1.97. The number of cyclic esters (lactones) is 1. The molecule has 2 heterocycles. The van der Waals surface area contributed by atoms with Crippen molar-refractivity contribution in [2.75, 3.05) is 0 Å². The fourth-order valence-corrected chi connectivity index (χ4v) is 3.32. The Bertz CT molecular complexity index is 778. The zero-order valence-electron chi connectivity index (χ0n) is 18.1. The Morgan fingerprint density at radius 1 is 1.21 bits per heavy atom. The van der Waals surface area contributed by atoms with Crippen molar-refractivity contribution in [2.45, 2.75) is 66.2 Å². The Morgan fingerprint density at radius 3 is 2.62 bits per heavy atom. The molecule has 4 nitrogen and oxygen atoms in total. The van der Waals surface area contributed by atoms with Crippen LogP contribution in [0.3, 0.4) is 0 Å². The molecule has 0 saturated carbocycles. The summed E-state index contributed by atoms with van der Waals surface area (Å²) in [6.45, 7) is 8.07. The van der Waals surface area contributed by atoms with E-state index in [2.05, 4.69) is 39.0 Å². The summed E-state index contributed by atoms with van der Waals surface area (Å²) in [4.78, 5) is 11.4. The maximum atomic E-state index is 11.4. The third kappa shape index (κ3) is 7.80. The van der Waals surface area contributed by atoms with Crippen LogP contribution in [-0.4, -0.2) is 11.1 Å². The van der Waals surface area contributed by atoms with Crippen LogP contribution in [0, 0.1) is 11.8 Å². The first-order valence-corrected chi connectivity index (χ1v) is 10.6. The maximum Gasteiger partial charge on any atom is 0.343 e. The van der Waals surface area contributed by atoms with Gasteiger partial charge >= 0.3 is 5.97 Å². The molecule has 0 amide bonds. The highest BCUT2D eigenvalue weighted by atomic mass is 16.6. The highest BCUT2D eigenvalue weighted by molar-refractivity contribution is 5.93. The summed E-state index contributed by atoms with van der Waals surface area (Å²) in [5, 5.41) is 9.88. The van der Waals surface area contributed by atoms with Crippen LogP contribution in [-0.2, 0) is 16.0 Å². The van der Waals surface area contributed by atoms with Crippen LogP contribution >= 0.6 is 0 Å². The van der Waals surface area contributed by atoms with E-state index in [1.807, 2.05) is 18.4 Å². The predicted octanol–water partition coefficient (Wildman–Crippen LogP) is 6.82. The van der Waals surface area contributed by atoms with Gasteiger partial charge in [-0.25, -0.2) is 4.79 Å². The van der Waals surface area contributed by atoms with Gasteiger partial charge in [0.2, 0.25) is 0 Å². The van der Waals surface area contributed by atoms with Crippen LogP contribution in [0.4, 0.5) is 0 Å². The van der Waals surface area contributed by atoms with E-state index in [4.69, 9.17) is 9.15 Å². The Balaban J connectivity index is 1.65. The normalized spacial score (nSPS) is 18.7. The van der Waals surface area contributed by atoms with Crippen molar-refractivity contribution in [1.82, 2.24) is 0 Å². The van der Waals surface area contributed by atoms with Gasteiger partial charge in [0.05, 0.1) is 18.1 Å². The highest BCUT2D eigenvalue weighted by Gasteiger charge is 2.26. The smallest absolute Gasteiger partial charge is 0.343 e. The molecule has 158 valence electrons. The summed E-state index contributed by atoms with van der Waals surface area (Å²) >= 11 is 0. The van der Waals surface area contributed by atoms with Gasteiger partial charge in [0.25, 0.3) is 0 Å². The Labute approximate surface area is 174 Å². The summed E-state index contributed by atoms with van der Waals surface area (Å²) in [6, 6.07) is 2.03. The van der Waals surface area contributed by atoms with Crippen molar-refractivity contribution < 1.29 is 19.1 Å². The van der Waals surface area contributed by atoms with Crippen LogP contribution in [0.2, 0.25) is 0 Å². The molecule has 2 rings (SSSR count). The molecule has 0 aromatic carbocycles. The molecule has 29 heavy (non-hydrogen) atoms. The molecule has 1 aromatic rings. The molecule has 0 spiro atoms. The quantitative estimate of drug-likeness (QED) is 0.328. The minimum atomic E-state index is -0.456. The number of rotatable bonds is 11. The second kappa shape index (κ2) is 11.5. The number of esters is 1. The van der Waals surface area contributed by atoms with Crippen molar-refractivity contribution in [3.63, 3.8) is 0 Å². The minimum absolute atomic E-state index is 0.0260. The molecule has 2 unspecified atom stereocenters. The fourth-order valence-electron chi connectivity index (χ4n) is 3.32. The molecule has 0 saturated heterocycles. The van der Waals surface area contributed by atoms with Crippen LogP contribution in [0.25, 0.3) is 0 Å². The van der Waals surface area contributed by atoms with Crippen molar-refractivity contribution >= 4 is 5.97 Å². The molecule has 0 fully saturated rings. The first kappa shape index (κ1) is 22.8. The molecular weight excluding hydrogens is 364 g/mol. The van der Waals surface area contributed by atoms with Crippen LogP contribution in [0.5, 0.6) is 0 Å². The monoisotopic (exact) mass is 398 g/mol. The Kier molecular flexibility index (Phi) is 9.04. The van der Waals surface area contributed by atoms with Crippen LogP contribution < -0.4 is 0 Å². The zero-order valence-corrected chi connectivity index (χ0v) is 18.1. The standard InChI is InChI=1S/C25H34O4/c1-18(8-5-9-19(2)11-7-13-22-14-15-28-17-22)10-6-12-20(3)16-23-24(26)21(4)25(27)29-23/h5,8-9,14-17,19-20,26H,6-7,10-13H2,1-4H3/b9-5+,18-8+,23-16+. The lowest BCUT2D eigenvalue weighted by Gasteiger charge is -2.08. The molecular formula is C25H34O4. The molecule has 0 radical (unpaired) electrons. The number of allylic oxidation sites excluding steroid dienone is 5. The van der Waals surface area contributed by atoms with Crippen LogP contribution in [0.1, 0.15) is 65.4 Å². The molecule has 1 aromatic heterocycles. The molecule has 0 aliphatic carbocycles. The summed E-state index contributed by atoms with van der Waals surface area (Å²) in [7, 11) is 0. The van der Waals surface area contributed by atoms with Gasteiger partial charge in [0, 0.05) is 0 Å². The van der Waals surface area contributed by atoms with Gasteiger partial charge in [-0.1, -0.05) is 37.6 Å². The van der Waals surface area contributed by atoms with Crippen molar-refractivity contribution in [3.05, 3.63) is 71.1 Å². The average Bonchev–Trinajstić information content (AvgIpc) is 3.27. The summed E-state index contributed by atoms with van der Waals surface area (Å²) < 4.78 is 10.2. The zero-order chi connectivity index (χ0) is 21.2. The topological polar surface area (TPSA) is 59.7 Å². The fraction of sp³-hybridized carbons (Fsp3) is 0.480. The lowest BCUT2D eigenvalue weighted by molar-refractivity contribution is -0.133. The maximum absolute atomic E-state index is 11.4. The molecule has 1 aliphatic heterocycles. The van der Waals surface area contributed by atoms with Gasteiger partial charge in [0.1, 0.15) is 0 Å². The first-order chi connectivity index (χ1) is 13.9. The van der Waals surface area contributed by atoms with Gasteiger partial charge in [0.15, 0.2) is 11.5 Å². The van der Waals surface area contributed by atoms with Gasteiger partial charge in [-0.05, 0) is 81.9 Å². The number of hydrogen-bond donors (Lipinski definition) is 1. The molecule has 4 heteroatoms. The number of aryl methyl sites for hydroxylation is 1. The highest BCUT2D eigenvalue weighted by Crippen LogP contribution is 2.26. The number of furan rings is 1. The van der Waals surface area contributed by atoms with Crippen molar-refractivity contribution in [1.29, 1.82) is 0 Å². The van der Waals surface area contributed by atoms with Gasteiger partial charge in [-0.3, -0.25) is 0 Å². The number of aliphatic hydroxyl groups is 1. The van der Waals surface area contributed by atoms with Gasteiger partial charge < -0.3 is 14.3 Å². The average molecular weight is 399 g/mol. The summed E-state index contributed by atoms with van der Waals surface area (Å²) in [5.41, 5.74) is 2.91. The minimum Gasteiger partial charge on any atom is -0.504 e. The lowest BCUT2D eigenvalue weighted by atomic mass is 9.99. The van der Waals surface area contributed by atoms with Gasteiger partial charge in [-0.2, -0.15) is 0 Å². The van der Waals surface area contributed by atoms with E-state index >= 15 is 0 Å². The van der Waals surface area contributed by atoms with E-state index in [1.165, 1.54) is 24.0 Å². The van der Waals surface area contributed by atoms with Crippen molar-refractivity contribution in [3.8, 4) is 0 Å². The number of hydrogen-bond acceptors (Lipinski definition) is 4. The largest absolute Gasteiger partial charge is 0.504 e. The second-order valence-electron chi connectivity index (χ2n) is 8.16. The molecule has 0 bridgehead atoms. The number of carbonyl (C=O) groups is 1. The third-order valence-corrected chi connectivity index (χ3v) is 5.29.